The van der Waals surface area contributed by atoms with E-state index in [0.717, 1.165) is 0 Å². The molecule has 0 fully saturated rings. The molecule has 0 heterocycles. The maximum absolute atomic E-state index is 12.9. The second-order valence-corrected chi connectivity index (χ2v) is 4.66. The van der Waals surface area contributed by atoms with E-state index in [0.29, 0.717) is 0 Å². The molecule has 3 nitrogen and oxygen atoms in total. The Morgan fingerprint density at radius 1 is 1.00 bits per heavy atom. The summed E-state index contributed by atoms with van der Waals surface area (Å²) in [4.78, 5) is 0. The molecule has 0 bridgehead atoms. The average molecular weight is 312 g/mol. The van der Waals surface area contributed by atoms with Gasteiger partial charge in [-0.1, -0.05) is 0 Å². The summed E-state index contributed by atoms with van der Waals surface area (Å²) in [5.74, 6) is -3.18. The SMILES string of the molecule is O=S(=O)(Oc1ccc(C(F)(F)F)c(F)c1)C(F)(F)F. The Labute approximate surface area is 101 Å². The second-order valence-electron chi connectivity index (χ2n) is 3.12. The van der Waals surface area contributed by atoms with Crippen LogP contribution >= 0.6 is 0 Å². The Bertz CT molecular complexity index is 573. The summed E-state index contributed by atoms with van der Waals surface area (Å²) in [5.41, 5.74) is -7.53. The first-order valence-corrected chi connectivity index (χ1v) is 5.63. The van der Waals surface area contributed by atoms with Crippen LogP contribution in [0.4, 0.5) is 30.7 Å². The third-order valence-electron chi connectivity index (χ3n) is 1.74. The number of rotatable bonds is 2. The number of hydrogen-bond acceptors (Lipinski definition) is 3. The lowest BCUT2D eigenvalue weighted by atomic mass is 10.2. The molecule has 19 heavy (non-hydrogen) atoms. The van der Waals surface area contributed by atoms with Crippen LogP contribution in [0.5, 0.6) is 5.75 Å². The predicted octanol–water partition coefficient (Wildman–Crippen LogP) is 3.07. The zero-order chi connectivity index (χ0) is 15.1. The van der Waals surface area contributed by atoms with Crippen molar-refractivity contribution in [2.24, 2.45) is 0 Å². The molecule has 0 amide bonds. The fourth-order valence-corrected chi connectivity index (χ4v) is 1.40. The molecular formula is C8H3F7O3S. The zero-order valence-electron chi connectivity index (χ0n) is 8.51. The van der Waals surface area contributed by atoms with Crippen LogP contribution in [-0.2, 0) is 16.3 Å². The highest BCUT2D eigenvalue weighted by Gasteiger charge is 2.48. The highest BCUT2D eigenvalue weighted by atomic mass is 32.2. The molecule has 11 heteroatoms. The molecule has 0 spiro atoms. The van der Waals surface area contributed by atoms with E-state index in [-0.39, 0.29) is 18.2 Å². The van der Waals surface area contributed by atoms with Gasteiger partial charge in [0.05, 0.1) is 5.56 Å². The number of benzene rings is 1. The Hall–Kier alpha value is -1.52. The highest BCUT2D eigenvalue weighted by molar-refractivity contribution is 7.87. The minimum atomic E-state index is -6.06. The van der Waals surface area contributed by atoms with Gasteiger partial charge in [0.25, 0.3) is 0 Å². The normalized spacial score (nSPS) is 13.4. The largest absolute Gasteiger partial charge is 0.534 e. The van der Waals surface area contributed by atoms with E-state index in [1.54, 1.807) is 0 Å². The Morgan fingerprint density at radius 2 is 1.53 bits per heavy atom. The summed E-state index contributed by atoms with van der Waals surface area (Å²) < 4.78 is 110. The van der Waals surface area contributed by atoms with Gasteiger partial charge in [0, 0.05) is 6.07 Å². The van der Waals surface area contributed by atoms with Crippen molar-refractivity contribution >= 4 is 10.1 Å². The van der Waals surface area contributed by atoms with Crippen LogP contribution in [0.25, 0.3) is 0 Å². The van der Waals surface area contributed by atoms with Crippen molar-refractivity contribution in [2.75, 3.05) is 0 Å². The van der Waals surface area contributed by atoms with Gasteiger partial charge in [-0.25, -0.2) is 4.39 Å². The second kappa shape index (κ2) is 4.54. The van der Waals surface area contributed by atoms with E-state index in [1.165, 1.54) is 0 Å². The lowest BCUT2D eigenvalue weighted by molar-refractivity contribution is -0.140. The molecule has 0 radical (unpaired) electrons. The van der Waals surface area contributed by atoms with E-state index < -0.39 is 38.9 Å². The van der Waals surface area contributed by atoms with Crippen LogP contribution in [0.3, 0.4) is 0 Å². The van der Waals surface area contributed by atoms with Gasteiger partial charge in [-0.05, 0) is 12.1 Å². The van der Waals surface area contributed by atoms with Crippen molar-refractivity contribution in [3.8, 4) is 5.75 Å². The predicted molar refractivity (Wildman–Crippen MR) is 47.0 cm³/mol. The maximum Gasteiger partial charge on any atom is 0.534 e. The van der Waals surface area contributed by atoms with E-state index in [2.05, 4.69) is 4.18 Å². The molecule has 1 rings (SSSR count). The molecule has 0 atom stereocenters. The fourth-order valence-electron chi connectivity index (χ4n) is 0.951. The van der Waals surface area contributed by atoms with E-state index in [9.17, 15) is 39.2 Å². The molecule has 0 aliphatic carbocycles. The summed E-state index contributed by atoms with van der Waals surface area (Å²) in [7, 11) is -6.06. The molecule has 0 aliphatic rings. The quantitative estimate of drug-likeness (QED) is 0.479. The first-order valence-electron chi connectivity index (χ1n) is 4.22. The molecule has 0 saturated carbocycles. The van der Waals surface area contributed by atoms with Crippen molar-refractivity contribution in [3.05, 3.63) is 29.6 Å². The van der Waals surface area contributed by atoms with Gasteiger partial charge in [-0.3, -0.25) is 0 Å². The van der Waals surface area contributed by atoms with Gasteiger partial charge in [0.15, 0.2) is 0 Å². The number of hydrogen-bond donors (Lipinski definition) is 0. The van der Waals surface area contributed by atoms with Gasteiger partial charge >= 0.3 is 21.8 Å². The molecule has 0 N–H and O–H groups in total. The summed E-state index contributed by atoms with van der Waals surface area (Å²) in [5, 5.41) is 0. The van der Waals surface area contributed by atoms with Crippen molar-refractivity contribution in [2.45, 2.75) is 11.7 Å². The first kappa shape index (κ1) is 15.5. The minimum Gasteiger partial charge on any atom is -0.376 e. The molecular weight excluding hydrogens is 309 g/mol. The smallest absolute Gasteiger partial charge is 0.376 e. The van der Waals surface area contributed by atoms with Gasteiger partial charge < -0.3 is 4.18 Å². The number of alkyl halides is 6. The molecule has 0 aliphatic heterocycles. The highest BCUT2D eigenvalue weighted by Crippen LogP contribution is 2.34. The van der Waals surface area contributed by atoms with Crippen molar-refractivity contribution < 1.29 is 43.3 Å². The summed E-state index contributed by atoms with van der Waals surface area (Å²) in [6.45, 7) is 0. The first-order chi connectivity index (χ1) is 8.34. The molecule has 0 unspecified atom stereocenters. The Morgan fingerprint density at radius 3 is 1.89 bits per heavy atom. The van der Waals surface area contributed by atoms with Crippen LogP contribution in [0.1, 0.15) is 5.56 Å². The van der Waals surface area contributed by atoms with Crippen LogP contribution in [0, 0.1) is 5.82 Å². The Kier molecular flexibility index (Phi) is 3.72. The topological polar surface area (TPSA) is 43.4 Å². The average Bonchev–Trinajstić information content (AvgIpc) is 2.12. The monoisotopic (exact) mass is 312 g/mol. The summed E-state index contributed by atoms with van der Waals surface area (Å²) >= 11 is 0. The van der Waals surface area contributed by atoms with Crippen molar-refractivity contribution in [3.63, 3.8) is 0 Å². The number of halogens is 7. The van der Waals surface area contributed by atoms with Crippen molar-refractivity contribution in [1.82, 2.24) is 0 Å². The van der Waals surface area contributed by atoms with E-state index in [4.69, 9.17) is 0 Å². The molecule has 1 aromatic rings. The minimum absolute atomic E-state index is 0.0660. The van der Waals surface area contributed by atoms with Crippen LogP contribution in [-0.4, -0.2) is 13.9 Å². The van der Waals surface area contributed by atoms with Crippen LogP contribution in [0.2, 0.25) is 0 Å². The van der Waals surface area contributed by atoms with Crippen molar-refractivity contribution in [1.29, 1.82) is 0 Å². The summed E-state index contributed by atoms with van der Waals surface area (Å²) in [6.07, 6.45) is -5.06. The maximum atomic E-state index is 12.9. The van der Waals surface area contributed by atoms with Crippen LogP contribution < -0.4 is 4.18 Å². The molecule has 0 saturated heterocycles. The standard InChI is InChI=1S/C8H3F7O3S/c9-6-3-4(1-2-5(6)7(10,11)12)18-19(16,17)8(13,14)15/h1-3H. The van der Waals surface area contributed by atoms with E-state index in [1.807, 2.05) is 0 Å². The van der Waals surface area contributed by atoms with Gasteiger partial charge in [0.2, 0.25) is 0 Å². The zero-order valence-corrected chi connectivity index (χ0v) is 9.33. The third kappa shape index (κ3) is 3.49. The molecule has 0 aromatic heterocycles. The summed E-state index contributed by atoms with van der Waals surface area (Å²) in [6, 6.07) is 0.220. The van der Waals surface area contributed by atoms with Gasteiger partial charge in [0.1, 0.15) is 11.6 Å². The lowest BCUT2D eigenvalue weighted by Crippen LogP contribution is -2.28. The van der Waals surface area contributed by atoms with E-state index >= 15 is 0 Å². The fraction of sp³-hybridized carbons (Fsp3) is 0.250. The molecule has 1 aromatic carbocycles. The molecule has 108 valence electrons. The third-order valence-corrected chi connectivity index (χ3v) is 2.71. The van der Waals surface area contributed by atoms with Gasteiger partial charge in [-0.15, -0.1) is 0 Å². The Balaban J connectivity index is 3.11. The lowest BCUT2D eigenvalue weighted by Gasteiger charge is -2.11. The van der Waals surface area contributed by atoms with Gasteiger partial charge in [-0.2, -0.15) is 34.8 Å². The van der Waals surface area contributed by atoms with Crippen LogP contribution in [0.15, 0.2) is 18.2 Å².